The van der Waals surface area contributed by atoms with Crippen molar-refractivity contribution in [1.82, 2.24) is 10.3 Å². The van der Waals surface area contributed by atoms with E-state index >= 15 is 0 Å². The Balaban J connectivity index is 1.64. The van der Waals surface area contributed by atoms with Gasteiger partial charge in [-0.3, -0.25) is 9.59 Å². The lowest BCUT2D eigenvalue weighted by molar-refractivity contribution is -0.153. The first-order valence-electron chi connectivity index (χ1n) is 9.32. The summed E-state index contributed by atoms with van der Waals surface area (Å²) in [6, 6.07) is 8.51. The number of thioether (sulfide) groups is 1. The quantitative estimate of drug-likeness (QED) is 0.634. The Morgan fingerprint density at radius 2 is 1.75 bits per heavy atom. The highest BCUT2D eigenvalue weighted by atomic mass is 32.2. The number of benzene rings is 1. The smallest absolute Gasteiger partial charge is 0.325 e. The molecule has 1 amide bonds. The van der Waals surface area contributed by atoms with Crippen molar-refractivity contribution in [2.75, 3.05) is 12.3 Å². The summed E-state index contributed by atoms with van der Waals surface area (Å²) < 4.78 is 5.16. The van der Waals surface area contributed by atoms with Gasteiger partial charge in [0.05, 0.1) is 10.7 Å². The number of esters is 1. The summed E-state index contributed by atoms with van der Waals surface area (Å²) in [4.78, 5) is 27.9. The molecule has 0 fully saturated rings. The van der Waals surface area contributed by atoms with Crippen LogP contribution in [0, 0.1) is 6.92 Å². The normalized spacial score (nSPS) is 11.3. The van der Waals surface area contributed by atoms with Crippen molar-refractivity contribution in [2.45, 2.75) is 52.6 Å². The van der Waals surface area contributed by atoms with Gasteiger partial charge >= 0.3 is 5.97 Å². The molecular weight excluding hydrogens is 392 g/mol. The van der Waals surface area contributed by atoms with E-state index in [1.54, 1.807) is 32.1 Å². The number of thiazole rings is 1. The van der Waals surface area contributed by atoms with Crippen molar-refractivity contribution in [2.24, 2.45) is 0 Å². The zero-order valence-corrected chi connectivity index (χ0v) is 18.5. The summed E-state index contributed by atoms with van der Waals surface area (Å²) in [5.41, 5.74) is 3.10. The van der Waals surface area contributed by atoms with Crippen molar-refractivity contribution in [1.29, 1.82) is 0 Å². The van der Waals surface area contributed by atoms with Crippen LogP contribution in [0.15, 0.2) is 29.6 Å². The predicted molar refractivity (Wildman–Crippen MR) is 116 cm³/mol. The minimum atomic E-state index is -0.541. The summed E-state index contributed by atoms with van der Waals surface area (Å²) in [6.07, 6.45) is 2.73. The van der Waals surface area contributed by atoms with Crippen LogP contribution in [0.2, 0.25) is 0 Å². The summed E-state index contributed by atoms with van der Waals surface area (Å²) in [7, 11) is 0. The SMILES string of the molecule is Cc1nc(CCc2ccc(CCSC(=O)NCC(=O)OC(C)(C)C)cc2)cs1. The average molecular weight is 421 g/mol. The van der Waals surface area contributed by atoms with Crippen molar-refractivity contribution >= 4 is 34.3 Å². The third kappa shape index (κ3) is 8.89. The van der Waals surface area contributed by atoms with Crippen LogP contribution >= 0.6 is 23.1 Å². The minimum Gasteiger partial charge on any atom is -0.459 e. The summed E-state index contributed by atoms with van der Waals surface area (Å²) in [5, 5.41) is 5.60. The molecule has 0 aliphatic carbocycles. The van der Waals surface area contributed by atoms with Crippen molar-refractivity contribution in [3.63, 3.8) is 0 Å². The van der Waals surface area contributed by atoms with Crippen LogP contribution < -0.4 is 5.32 Å². The standard InChI is InChI=1S/C21H28N2O3S2/c1-15-23-18(14-28-15)10-9-16-5-7-17(8-6-16)11-12-27-20(25)22-13-19(24)26-21(2,3)4/h5-8,14H,9-13H2,1-4H3,(H,22,25). The first-order valence-corrected chi connectivity index (χ1v) is 11.2. The molecule has 0 saturated heterocycles. The second-order valence-electron chi connectivity index (χ2n) is 7.50. The zero-order valence-electron chi connectivity index (χ0n) is 16.9. The van der Waals surface area contributed by atoms with E-state index in [2.05, 4.69) is 39.9 Å². The fourth-order valence-electron chi connectivity index (χ4n) is 2.50. The highest BCUT2D eigenvalue weighted by molar-refractivity contribution is 8.13. The van der Waals surface area contributed by atoms with Crippen LogP contribution in [0.1, 0.15) is 42.6 Å². The van der Waals surface area contributed by atoms with Crippen molar-refractivity contribution in [3.05, 3.63) is 51.5 Å². The molecule has 2 rings (SSSR count). The molecule has 1 aromatic carbocycles. The largest absolute Gasteiger partial charge is 0.459 e. The molecule has 2 aromatic rings. The second kappa shape index (κ2) is 10.6. The molecule has 0 aliphatic rings. The fraction of sp³-hybridized carbons (Fsp3) is 0.476. The Hall–Kier alpha value is -1.86. The molecule has 0 unspecified atom stereocenters. The van der Waals surface area contributed by atoms with E-state index in [0.29, 0.717) is 5.75 Å². The lowest BCUT2D eigenvalue weighted by Gasteiger charge is -2.19. The molecule has 7 heteroatoms. The van der Waals surface area contributed by atoms with Crippen LogP contribution in [-0.2, 0) is 28.8 Å². The Morgan fingerprint density at radius 3 is 2.32 bits per heavy atom. The van der Waals surface area contributed by atoms with E-state index in [1.165, 1.54) is 22.9 Å². The number of hydrogen-bond donors (Lipinski definition) is 1. The van der Waals surface area contributed by atoms with Gasteiger partial charge in [0.2, 0.25) is 0 Å². The molecule has 5 nitrogen and oxygen atoms in total. The third-order valence-electron chi connectivity index (χ3n) is 3.78. The molecular formula is C21H28N2O3S2. The first-order chi connectivity index (χ1) is 13.2. The van der Waals surface area contributed by atoms with Gasteiger partial charge in [-0.1, -0.05) is 36.0 Å². The Kier molecular flexibility index (Phi) is 8.51. The summed E-state index contributed by atoms with van der Waals surface area (Å²) in [5.74, 6) is 0.238. The van der Waals surface area contributed by atoms with Crippen molar-refractivity contribution < 1.29 is 14.3 Å². The lowest BCUT2D eigenvalue weighted by atomic mass is 10.1. The molecule has 0 atom stereocenters. The van der Waals surface area contributed by atoms with E-state index in [4.69, 9.17) is 4.74 Å². The molecule has 28 heavy (non-hydrogen) atoms. The van der Waals surface area contributed by atoms with Crippen LogP contribution in [0.25, 0.3) is 0 Å². The number of rotatable bonds is 8. The Bertz CT molecular complexity index is 780. The van der Waals surface area contributed by atoms with Crippen LogP contribution in [0.4, 0.5) is 4.79 Å². The average Bonchev–Trinajstić information content (AvgIpc) is 3.03. The number of carbonyl (C=O) groups is 2. The minimum absolute atomic E-state index is 0.101. The predicted octanol–water partition coefficient (Wildman–Crippen LogP) is 4.56. The van der Waals surface area contributed by atoms with Crippen LogP contribution in [0.3, 0.4) is 0 Å². The van der Waals surface area contributed by atoms with Gasteiger partial charge in [-0.25, -0.2) is 4.98 Å². The summed E-state index contributed by atoms with van der Waals surface area (Å²) >= 11 is 2.87. The zero-order chi connectivity index (χ0) is 20.6. The monoisotopic (exact) mass is 420 g/mol. The van der Waals surface area contributed by atoms with E-state index < -0.39 is 11.6 Å². The highest BCUT2D eigenvalue weighted by Gasteiger charge is 2.16. The molecule has 0 radical (unpaired) electrons. The molecule has 152 valence electrons. The molecule has 0 saturated carbocycles. The molecule has 0 bridgehead atoms. The molecule has 1 heterocycles. The molecule has 1 N–H and O–H groups in total. The lowest BCUT2D eigenvalue weighted by Crippen LogP contribution is -2.33. The number of nitrogens with zero attached hydrogens (tertiary/aromatic N) is 1. The van der Waals surface area contributed by atoms with Gasteiger partial charge in [0.25, 0.3) is 5.24 Å². The van der Waals surface area contributed by atoms with Gasteiger partial charge in [-0.05, 0) is 58.1 Å². The van der Waals surface area contributed by atoms with Gasteiger partial charge in [-0.2, -0.15) is 0 Å². The number of amides is 1. The number of hydrogen-bond acceptors (Lipinski definition) is 6. The molecule has 1 aromatic heterocycles. The van der Waals surface area contributed by atoms with Gasteiger partial charge in [-0.15, -0.1) is 11.3 Å². The van der Waals surface area contributed by atoms with Crippen LogP contribution in [-0.4, -0.2) is 34.1 Å². The number of ether oxygens (including phenoxy) is 1. The molecule has 0 spiro atoms. The van der Waals surface area contributed by atoms with Gasteiger partial charge < -0.3 is 10.1 Å². The van der Waals surface area contributed by atoms with E-state index in [-0.39, 0.29) is 11.8 Å². The maximum absolute atomic E-state index is 11.8. The van der Waals surface area contributed by atoms with E-state index in [9.17, 15) is 9.59 Å². The van der Waals surface area contributed by atoms with Crippen molar-refractivity contribution in [3.8, 4) is 0 Å². The first kappa shape index (κ1) is 22.4. The number of aromatic nitrogens is 1. The van der Waals surface area contributed by atoms with Gasteiger partial charge in [0.15, 0.2) is 0 Å². The fourth-order valence-corrected chi connectivity index (χ4v) is 3.85. The van der Waals surface area contributed by atoms with E-state index in [1.807, 2.05) is 6.92 Å². The van der Waals surface area contributed by atoms with Gasteiger partial charge in [0, 0.05) is 11.1 Å². The van der Waals surface area contributed by atoms with E-state index in [0.717, 1.165) is 30.0 Å². The Morgan fingerprint density at radius 1 is 1.11 bits per heavy atom. The van der Waals surface area contributed by atoms with Crippen LogP contribution in [0.5, 0.6) is 0 Å². The summed E-state index contributed by atoms with van der Waals surface area (Å²) in [6.45, 7) is 7.32. The van der Waals surface area contributed by atoms with Gasteiger partial charge in [0.1, 0.15) is 12.1 Å². The number of aryl methyl sites for hydroxylation is 4. The molecule has 0 aliphatic heterocycles. The second-order valence-corrected chi connectivity index (χ2v) is 9.63. The number of carbonyl (C=O) groups excluding carboxylic acids is 2. The number of nitrogens with one attached hydrogen (secondary N) is 1. The Labute approximate surface area is 175 Å². The highest BCUT2D eigenvalue weighted by Crippen LogP contribution is 2.14. The topological polar surface area (TPSA) is 68.3 Å². The maximum atomic E-state index is 11.8. The maximum Gasteiger partial charge on any atom is 0.325 e. The third-order valence-corrected chi connectivity index (χ3v) is 5.42.